The lowest BCUT2D eigenvalue weighted by Gasteiger charge is -2.20. The van der Waals surface area contributed by atoms with E-state index in [0.717, 1.165) is 0 Å². The standard InChI is InChI=1S/C7H7F5O2/c1-3-14-5(13)4(2)6(8,9)7(10,11)12/h2-3H2,1H3. The van der Waals surface area contributed by atoms with E-state index in [1.807, 2.05) is 0 Å². The Morgan fingerprint density at radius 1 is 1.29 bits per heavy atom. The lowest BCUT2D eigenvalue weighted by molar-refractivity contribution is -0.265. The van der Waals surface area contributed by atoms with Crippen molar-refractivity contribution in [3.05, 3.63) is 12.2 Å². The van der Waals surface area contributed by atoms with Crippen molar-refractivity contribution in [3.63, 3.8) is 0 Å². The first-order valence-corrected chi connectivity index (χ1v) is 3.45. The normalized spacial score (nSPS) is 12.4. The minimum Gasteiger partial charge on any atom is -0.462 e. The van der Waals surface area contributed by atoms with Gasteiger partial charge in [-0.25, -0.2) is 4.79 Å². The second-order valence-electron chi connectivity index (χ2n) is 2.27. The SMILES string of the molecule is C=C(C(=O)OCC)C(F)(F)C(F)(F)F. The van der Waals surface area contributed by atoms with E-state index in [1.54, 1.807) is 0 Å². The number of carbonyl (C=O) groups excluding carboxylic acids is 1. The average molecular weight is 218 g/mol. The van der Waals surface area contributed by atoms with E-state index in [-0.39, 0.29) is 6.61 Å². The molecule has 0 aliphatic heterocycles. The lowest BCUT2D eigenvalue weighted by Crippen LogP contribution is -2.40. The van der Waals surface area contributed by atoms with Crippen LogP contribution in [0, 0.1) is 0 Å². The van der Waals surface area contributed by atoms with Gasteiger partial charge in [0.25, 0.3) is 0 Å². The van der Waals surface area contributed by atoms with Crippen LogP contribution in [0.4, 0.5) is 22.0 Å². The third kappa shape index (κ3) is 2.43. The average Bonchev–Trinajstić information content (AvgIpc) is 2.01. The quantitative estimate of drug-likeness (QED) is 0.412. The molecule has 0 aliphatic rings. The van der Waals surface area contributed by atoms with Crippen molar-refractivity contribution in [2.45, 2.75) is 19.0 Å². The van der Waals surface area contributed by atoms with E-state index < -0.39 is 23.6 Å². The fourth-order valence-corrected chi connectivity index (χ4v) is 0.517. The van der Waals surface area contributed by atoms with Gasteiger partial charge in [0, 0.05) is 0 Å². The number of carbonyl (C=O) groups is 1. The van der Waals surface area contributed by atoms with Crippen LogP contribution in [0.15, 0.2) is 12.2 Å². The van der Waals surface area contributed by atoms with Gasteiger partial charge >= 0.3 is 18.1 Å². The molecular formula is C7H7F5O2. The summed E-state index contributed by atoms with van der Waals surface area (Å²) in [4.78, 5) is 10.5. The lowest BCUT2D eigenvalue weighted by atomic mass is 10.1. The summed E-state index contributed by atoms with van der Waals surface area (Å²) in [5.41, 5.74) is -1.91. The number of hydrogen-bond donors (Lipinski definition) is 0. The maximum atomic E-state index is 12.4. The van der Waals surface area contributed by atoms with Gasteiger partial charge in [-0.2, -0.15) is 22.0 Å². The molecule has 0 aromatic heterocycles. The third-order valence-electron chi connectivity index (χ3n) is 1.26. The molecule has 0 bridgehead atoms. The Morgan fingerprint density at radius 3 is 2.00 bits per heavy atom. The molecule has 7 heteroatoms. The summed E-state index contributed by atoms with van der Waals surface area (Å²) >= 11 is 0. The number of halogens is 5. The molecule has 0 spiro atoms. The number of esters is 1. The molecule has 0 fully saturated rings. The molecule has 0 unspecified atom stereocenters. The largest absolute Gasteiger partial charge is 0.462 e. The molecule has 0 heterocycles. The molecule has 2 nitrogen and oxygen atoms in total. The highest BCUT2D eigenvalue weighted by atomic mass is 19.4. The van der Waals surface area contributed by atoms with Crippen LogP contribution in [0.3, 0.4) is 0 Å². The Labute approximate surface area is 76.3 Å². The summed E-state index contributed by atoms with van der Waals surface area (Å²) in [6.45, 7) is 3.34. The van der Waals surface area contributed by atoms with Gasteiger partial charge in [-0.05, 0) is 6.92 Å². The molecular weight excluding hydrogens is 211 g/mol. The van der Waals surface area contributed by atoms with Gasteiger partial charge in [0.2, 0.25) is 0 Å². The van der Waals surface area contributed by atoms with Crippen LogP contribution < -0.4 is 0 Å². The highest BCUT2D eigenvalue weighted by molar-refractivity contribution is 5.89. The van der Waals surface area contributed by atoms with Crippen LogP contribution in [0.2, 0.25) is 0 Å². The van der Waals surface area contributed by atoms with Crippen LogP contribution in [0.25, 0.3) is 0 Å². The van der Waals surface area contributed by atoms with Crippen molar-refractivity contribution in [3.8, 4) is 0 Å². The first-order valence-electron chi connectivity index (χ1n) is 3.45. The van der Waals surface area contributed by atoms with Crippen molar-refractivity contribution < 1.29 is 31.5 Å². The number of ether oxygens (including phenoxy) is 1. The first kappa shape index (κ1) is 12.9. The van der Waals surface area contributed by atoms with E-state index in [1.165, 1.54) is 6.92 Å². The minimum atomic E-state index is -5.84. The van der Waals surface area contributed by atoms with Crippen LogP contribution in [0.5, 0.6) is 0 Å². The van der Waals surface area contributed by atoms with Gasteiger partial charge in [-0.1, -0.05) is 6.58 Å². The Bertz CT molecular complexity index is 243. The highest BCUT2D eigenvalue weighted by Gasteiger charge is 2.61. The third-order valence-corrected chi connectivity index (χ3v) is 1.26. The number of alkyl halides is 5. The molecule has 0 radical (unpaired) electrons. The molecule has 0 saturated carbocycles. The summed E-state index contributed by atoms with van der Waals surface area (Å²) in [5, 5.41) is 0. The van der Waals surface area contributed by atoms with Crippen molar-refractivity contribution in [1.29, 1.82) is 0 Å². The van der Waals surface area contributed by atoms with Gasteiger partial charge in [0.1, 0.15) is 5.57 Å². The Kier molecular flexibility index (Phi) is 3.61. The Morgan fingerprint density at radius 2 is 1.71 bits per heavy atom. The second kappa shape index (κ2) is 3.93. The van der Waals surface area contributed by atoms with E-state index in [4.69, 9.17) is 0 Å². The van der Waals surface area contributed by atoms with Gasteiger partial charge in [0.15, 0.2) is 0 Å². The zero-order chi connectivity index (χ0) is 11.6. The molecule has 0 aliphatic carbocycles. The summed E-state index contributed by atoms with van der Waals surface area (Å²) < 4.78 is 63.7. The fraction of sp³-hybridized carbons (Fsp3) is 0.571. The van der Waals surface area contributed by atoms with E-state index >= 15 is 0 Å². The predicted octanol–water partition coefficient (Wildman–Crippen LogP) is 2.30. The monoisotopic (exact) mass is 218 g/mol. The summed E-state index contributed by atoms with van der Waals surface area (Å²) in [6, 6.07) is 0. The van der Waals surface area contributed by atoms with E-state index in [0.29, 0.717) is 0 Å². The zero-order valence-electron chi connectivity index (χ0n) is 7.12. The molecule has 0 aromatic carbocycles. The molecule has 0 aromatic rings. The van der Waals surface area contributed by atoms with Crippen molar-refractivity contribution in [2.24, 2.45) is 0 Å². The second-order valence-corrected chi connectivity index (χ2v) is 2.27. The first-order chi connectivity index (χ1) is 6.14. The predicted molar refractivity (Wildman–Crippen MR) is 36.8 cm³/mol. The van der Waals surface area contributed by atoms with E-state index in [9.17, 15) is 26.7 Å². The van der Waals surface area contributed by atoms with Gasteiger partial charge in [-0.15, -0.1) is 0 Å². The number of hydrogen-bond acceptors (Lipinski definition) is 2. The maximum absolute atomic E-state index is 12.4. The van der Waals surface area contributed by atoms with Crippen LogP contribution in [0.1, 0.15) is 6.92 Å². The molecule has 14 heavy (non-hydrogen) atoms. The Balaban J connectivity index is 4.76. The summed E-state index contributed by atoms with van der Waals surface area (Å²) in [5.74, 6) is -7.01. The summed E-state index contributed by atoms with van der Waals surface area (Å²) in [7, 11) is 0. The van der Waals surface area contributed by atoms with Crippen molar-refractivity contribution in [2.75, 3.05) is 6.61 Å². The van der Waals surface area contributed by atoms with E-state index in [2.05, 4.69) is 11.3 Å². The van der Waals surface area contributed by atoms with Gasteiger partial charge in [0.05, 0.1) is 6.61 Å². The molecule has 82 valence electrons. The zero-order valence-corrected chi connectivity index (χ0v) is 7.12. The van der Waals surface area contributed by atoms with Crippen LogP contribution >= 0.6 is 0 Å². The molecule has 0 saturated heterocycles. The summed E-state index contributed by atoms with van der Waals surface area (Å²) in [6.07, 6.45) is -5.84. The van der Waals surface area contributed by atoms with Crippen LogP contribution in [-0.4, -0.2) is 24.7 Å². The van der Waals surface area contributed by atoms with Crippen molar-refractivity contribution in [1.82, 2.24) is 0 Å². The van der Waals surface area contributed by atoms with Crippen molar-refractivity contribution >= 4 is 5.97 Å². The molecule has 0 rings (SSSR count). The van der Waals surface area contributed by atoms with Gasteiger partial charge < -0.3 is 4.74 Å². The smallest absolute Gasteiger partial charge is 0.458 e. The Hall–Kier alpha value is -1.14. The molecule has 0 amide bonds. The fourth-order valence-electron chi connectivity index (χ4n) is 0.517. The topological polar surface area (TPSA) is 26.3 Å². The molecule has 0 N–H and O–H groups in total. The van der Waals surface area contributed by atoms with Gasteiger partial charge in [-0.3, -0.25) is 0 Å². The maximum Gasteiger partial charge on any atom is 0.458 e. The molecule has 0 atom stereocenters. The highest BCUT2D eigenvalue weighted by Crippen LogP contribution is 2.40. The number of rotatable bonds is 3. The van der Waals surface area contributed by atoms with Crippen LogP contribution in [-0.2, 0) is 9.53 Å². The minimum absolute atomic E-state index is 0.300.